The molecule has 0 bridgehead atoms. The average molecular weight is 423 g/mol. The molecular formula is C16H15BrN4O5. The van der Waals surface area contributed by atoms with Crippen LogP contribution in [-0.4, -0.2) is 29.5 Å². The second kappa shape index (κ2) is 9.47. The maximum Gasteiger partial charge on any atom is 0.270 e. The Morgan fingerprint density at radius 3 is 2.81 bits per heavy atom. The lowest BCUT2D eigenvalue weighted by Crippen LogP contribution is -2.26. The van der Waals surface area contributed by atoms with Crippen LogP contribution in [-0.2, 0) is 4.79 Å². The van der Waals surface area contributed by atoms with Crippen molar-refractivity contribution in [2.75, 3.05) is 6.54 Å². The van der Waals surface area contributed by atoms with Gasteiger partial charge in [-0.15, -0.1) is 0 Å². The van der Waals surface area contributed by atoms with Gasteiger partial charge in [0.2, 0.25) is 5.91 Å². The second-order valence-electron chi connectivity index (χ2n) is 5.10. The predicted octanol–water partition coefficient (Wildman–Crippen LogP) is 2.61. The molecule has 2 rings (SSSR count). The van der Waals surface area contributed by atoms with Crippen molar-refractivity contribution in [2.24, 2.45) is 5.10 Å². The van der Waals surface area contributed by atoms with E-state index in [1.54, 1.807) is 12.1 Å². The van der Waals surface area contributed by atoms with Crippen LogP contribution in [0.25, 0.3) is 0 Å². The van der Waals surface area contributed by atoms with E-state index in [0.717, 1.165) is 0 Å². The van der Waals surface area contributed by atoms with E-state index in [4.69, 9.17) is 4.42 Å². The normalized spacial score (nSPS) is 10.7. The minimum absolute atomic E-state index is 0.154. The first-order valence-electron chi connectivity index (χ1n) is 7.55. The molecule has 0 saturated carbocycles. The van der Waals surface area contributed by atoms with Crippen molar-refractivity contribution in [3.63, 3.8) is 0 Å². The summed E-state index contributed by atoms with van der Waals surface area (Å²) in [5, 5.41) is 17.1. The molecule has 1 heterocycles. The molecule has 0 aliphatic heterocycles. The quantitative estimate of drug-likeness (QED) is 0.292. The predicted molar refractivity (Wildman–Crippen MR) is 96.8 cm³/mol. The van der Waals surface area contributed by atoms with Gasteiger partial charge in [-0.3, -0.25) is 19.7 Å². The van der Waals surface area contributed by atoms with Crippen LogP contribution in [0.2, 0.25) is 0 Å². The Morgan fingerprint density at radius 1 is 1.31 bits per heavy atom. The molecule has 10 heteroatoms. The van der Waals surface area contributed by atoms with Gasteiger partial charge in [-0.1, -0.05) is 6.07 Å². The first-order valence-corrected chi connectivity index (χ1v) is 8.35. The maximum atomic E-state index is 11.9. The zero-order chi connectivity index (χ0) is 18.9. The summed E-state index contributed by atoms with van der Waals surface area (Å²) in [4.78, 5) is 33.7. The first kappa shape index (κ1) is 19.3. The van der Waals surface area contributed by atoms with E-state index in [2.05, 4.69) is 31.8 Å². The monoisotopic (exact) mass is 422 g/mol. The van der Waals surface area contributed by atoms with Gasteiger partial charge < -0.3 is 9.73 Å². The molecule has 0 unspecified atom stereocenters. The number of carbonyl (C=O) groups excluding carboxylic acids is 2. The maximum absolute atomic E-state index is 11.9. The van der Waals surface area contributed by atoms with Crippen molar-refractivity contribution < 1.29 is 18.9 Å². The zero-order valence-electron chi connectivity index (χ0n) is 13.5. The smallest absolute Gasteiger partial charge is 0.270 e. The standard InChI is InChI=1S/C16H15BrN4O5/c17-14-7-6-13(26-14)10-19-20-15(22)5-2-8-18-16(23)11-3-1-4-12(9-11)21(24)25/h1,3-4,6-7,9-10H,2,5,8H2,(H,18,23)(H,20,22). The number of furan rings is 1. The van der Waals surface area contributed by atoms with Crippen LogP contribution in [0.5, 0.6) is 0 Å². The number of hydrogen-bond acceptors (Lipinski definition) is 6. The lowest BCUT2D eigenvalue weighted by atomic mass is 10.2. The van der Waals surface area contributed by atoms with E-state index >= 15 is 0 Å². The first-order chi connectivity index (χ1) is 12.5. The summed E-state index contributed by atoms with van der Waals surface area (Å²) in [7, 11) is 0. The molecule has 0 saturated heterocycles. The number of nitrogens with zero attached hydrogens (tertiary/aromatic N) is 2. The fraction of sp³-hybridized carbons (Fsp3) is 0.188. The Kier molecular flexibility index (Phi) is 7.03. The minimum atomic E-state index is -0.566. The summed E-state index contributed by atoms with van der Waals surface area (Å²) in [5.41, 5.74) is 2.39. The van der Waals surface area contributed by atoms with Gasteiger partial charge in [-0.2, -0.15) is 5.10 Å². The van der Waals surface area contributed by atoms with E-state index in [1.807, 2.05) is 0 Å². The van der Waals surface area contributed by atoms with Crippen LogP contribution in [0.3, 0.4) is 0 Å². The van der Waals surface area contributed by atoms with E-state index in [-0.39, 0.29) is 30.1 Å². The fourth-order valence-corrected chi connectivity index (χ4v) is 2.25. The van der Waals surface area contributed by atoms with E-state index in [1.165, 1.54) is 30.5 Å². The number of nitro benzene ring substituents is 1. The van der Waals surface area contributed by atoms with Crippen LogP contribution in [0.1, 0.15) is 29.0 Å². The number of halogens is 1. The highest BCUT2D eigenvalue weighted by Gasteiger charge is 2.11. The summed E-state index contributed by atoms with van der Waals surface area (Å²) in [5.74, 6) is -0.256. The van der Waals surface area contributed by atoms with Crippen molar-refractivity contribution in [2.45, 2.75) is 12.8 Å². The van der Waals surface area contributed by atoms with E-state index in [0.29, 0.717) is 16.9 Å². The van der Waals surface area contributed by atoms with Gasteiger partial charge in [0.05, 0.1) is 11.1 Å². The molecule has 9 nitrogen and oxygen atoms in total. The second-order valence-corrected chi connectivity index (χ2v) is 5.88. The van der Waals surface area contributed by atoms with Crippen LogP contribution >= 0.6 is 15.9 Å². The highest BCUT2D eigenvalue weighted by atomic mass is 79.9. The van der Waals surface area contributed by atoms with Gasteiger partial charge in [-0.05, 0) is 40.5 Å². The number of hydrazone groups is 1. The van der Waals surface area contributed by atoms with Gasteiger partial charge >= 0.3 is 0 Å². The Morgan fingerprint density at radius 2 is 2.12 bits per heavy atom. The topological polar surface area (TPSA) is 127 Å². The molecule has 136 valence electrons. The third-order valence-corrected chi connectivity index (χ3v) is 3.59. The SMILES string of the molecule is O=C(CCCNC(=O)c1cccc([N+](=O)[O-])c1)NN=Cc1ccc(Br)o1. The van der Waals surface area contributed by atoms with Crippen molar-refractivity contribution in [1.82, 2.24) is 10.7 Å². The third-order valence-electron chi connectivity index (χ3n) is 3.16. The Bertz CT molecular complexity index is 834. The van der Waals surface area contributed by atoms with Gasteiger partial charge in [0.1, 0.15) is 5.76 Å². The molecule has 2 N–H and O–H groups in total. The third kappa shape index (κ3) is 6.13. The number of non-ortho nitro benzene ring substituents is 1. The molecule has 0 spiro atoms. The number of rotatable bonds is 8. The number of benzene rings is 1. The molecule has 1 aromatic carbocycles. The van der Waals surface area contributed by atoms with Crippen LogP contribution in [0, 0.1) is 10.1 Å². The van der Waals surface area contributed by atoms with Crippen molar-refractivity contribution >= 4 is 39.6 Å². The summed E-state index contributed by atoms with van der Waals surface area (Å²) >= 11 is 3.15. The summed E-state index contributed by atoms with van der Waals surface area (Å²) in [6.45, 7) is 0.254. The summed E-state index contributed by atoms with van der Waals surface area (Å²) < 4.78 is 5.74. The van der Waals surface area contributed by atoms with Crippen molar-refractivity contribution in [3.8, 4) is 0 Å². The summed E-state index contributed by atoms with van der Waals surface area (Å²) in [6.07, 6.45) is 1.93. The highest BCUT2D eigenvalue weighted by Crippen LogP contribution is 2.13. The number of amides is 2. The lowest BCUT2D eigenvalue weighted by molar-refractivity contribution is -0.384. The molecule has 0 radical (unpaired) electrons. The molecule has 2 aromatic rings. The Hall–Kier alpha value is -3.01. The van der Waals surface area contributed by atoms with Crippen LogP contribution < -0.4 is 10.7 Å². The molecule has 0 aliphatic carbocycles. The van der Waals surface area contributed by atoms with Crippen LogP contribution in [0.4, 0.5) is 5.69 Å². The zero-order valence-corrected chi connectivity index (χ0v) is 15.1. The van der Waals surface area contributed by atoms with Crippen molar-refractivity contribution in [3.05, 3.63) is 62.5 Å². The number of nitro groups is 1. The molecule has 26 heavy (non-hydrogen) atoms. The van der Waals surface area contributed by atoms with Crippen molar-refractivity contribution in [1.29, 1.82) is 0 Å². The van der Waals surface area contributed by atoms with Gasteiger partial charge in [0.25, 0.3) is 11.6 Å². The van der Waals surface area contributed by atoms with Gasteiger partial charge in [0.15, 0.2) is 4.67 Å². The Balaban J connectivity index is 1.68. The molecule has 0 aliphatic rings. The van der Waals surface area contributed by atoms with Crippen LogP contribution in [0.15, 0.2) is 50.6 Å². The number of carbonyl (C=O) groups is 2. The largest absolute Gasteiger partial charge is 0.448 e. The minimum Gasteiger partial charge on any atom is -0.448 e. The average Bonchev–Trinajstić information content (AvgIpc) is 3.04. The molecule has 0 atom stereocenters. The van der Waals surface area contributed by atoms with E-state index in [9.17, 15) is 19.7 Å². The number of hydrogen-bond donors (Lipinski definition) is 2. The lowest BCUT2D eigenvalue weighted by Gasteiger charge is -2.05. The molecule has 0 fully saturated rings. The fourth-order valence-electron chi connectivity index (χ4n) is 1.94. The number of nitrogens with one attached hydrogen (secondary N) is 2. The van der Waals surface area contributed by atoms with E-state index < -0.39 is 10.8 Å². The summed E-state index contributed by atoms with van der Waals surface area (Å²) in [6, 6.07) is 8.82. The highest BCUT2D eigenvalue weighted by molar-refractivity contribution is 9.10. The van der Waals surface area contributed by atoms with Gasteiger partial charge in [-0.25, -0.2) is 5.43 Å². The Labute approximate surface area is 156 Å². The van der Waals surface area contributed by atoms with Gasteiger partial charge in [0, 0.05) is 30.7 Å². The molecular weight excluding hydrogens is 408 g/mol. The molecule has 1 aromatic heterocycles. The molecule has 2 amide bonds.